The molecule has 1 heterocycles. The standard InChI is InChI=1S/C28H32N4O4S/c1-3-4-15-26(34)36-19-35-20-37-28(32-24-14-8-12-23-13-9-18-29-27(23)24)31-21(2)30-25(33)17-16-22-10-6-5-7-11-22/h5-14,16-18,21H,3-4,15,19-20H2,1-2H3,(H,30,33)(H,31,32)/b17-16+. The van der Waals surface area contributed by atoms with Crippen LogP contribution >= 0.6 is 11.8 Å². The fraction of sp³-hybridized carbons (Fsp3) is 0.286. The van der Waals surface area contributed by atoms with E-state index < -0.39 is 6.17 Å². The molecule has 1 unspecified atom stereocenters. The van der Waals surface area contributed by atoms with Crippen LogP contribution < -0.4 is 10.6 Å². The number of benzene rings is 2. The Hall–Kier alpha value is -3.69. The lowest BCUT2D eigenvalue weighted by molar-refractivity contribution is -0.154. The average Bonchev–Trinajstić information content (AvgIpc) is 2.91. The second kappa shape index (κ2) is 15.4. The number of aliphatic imine (C=N–C) groups is 1. The van der Waals surface area contributed by atoms with Gasteiger partial charge < -0.3 is 20.1 Å². The Balaban J connectivity index is 1.63. The number of ether oxygens (including phenoxy) is 2. The molecule has 1 atom stereocenters. The van der Waals surface area contributed by atoms with Crippen molar-refractivity contribution < 1.29 is 19.1 Å². The number of nitrogens with zero attached hydrogens (tertiary/aromatic N) is 2. The third kappa shape index (κ3) is 10.1. The van der Waals surface area contributed by atoms with Crippen molar-refractivity contribution in [1.29, 1.82) is 0 Å². The van der Waals surface area contributed by atoms with Crippen molar-refractivity contribution >= 4 is 51.5 Å². The maximum Gasteiger partial charge on any atom is 0.307 e. The number of para-hydroxylation sites is 1. The Morgan fingerprint density at radius 1 is 1.11 bits per heavy atom. The fourth-order valence-electron chi connectivity index (χ4n) is 3.26. The van der Waals surface area contributed by atoms with Gasteiger partial charge in [-0.05, 0) is 37.1 Å². The van der Waals surface area contributed by atoms with Gasteiger partial charge in [0.15, 0.2) is 12.0 Å². The number of thioether (sulfide) groups is 1. The van der Waals surface area contributed by atoms with Crippen LogP contribution in [0.25, 0.3) is 17.0 Å². The molecule has 0 bridgehead atoms. The monoisotopic (exact) mass is 520 g/mol. The van der Waals surface area contributed by atoms with Gasteiger partial charge in [0.1, 0.15) is 12.1 Å². The van der Waals surface area contributed by atoms with E-state index >= 15 is 0 Å². The van der Waals surface area contributed by atoms with Crippen molar-refractivity contribution in [3.63, 3.8) is 0 Å². The zero-order valence-electron chi connectivity index (χ0n) is 21.1. The van der Waals surface area contributed by atoms with Crippen LogP contribution in [0.4, 0.5) is 5.69 Å². The van der Waals surface area contributed by atoms with Gasteiger partial charge in [-0.1, -0.05) is 73.6 Å². The maximum atomic E-state index is 12.4. The smallest absolute Gasteiger partial charge is 0.307 e. The van der Waals surface area contributed by atoms with E-state index in [1.54, 1.807) is 19.2 Å². The van der Waals surface area contributed by atoms with Crippen LogP contribution in [0.2, 0.25) is 0 Å². The lowest BCUT2D eigenvalue weighted by atomic mass is 10.2. The summed E-state index contributed by atoms with van der Waals surface area (Å²) in [5.74, 6) is -0.341. The van der Waals surface area contributed by atoms with Crippen molar-refractivity contribution in [1.82, 2.24) is 10.3 Å². The lowest BCUT2D eigenvalue weighted by Crippen LogP contribution is -2.31. The molecule has 3 aromatic rings. The Kier molecular flexibility index (Phi) is 11.6. The molecule has 0 aliphatic heterocycles. The summed E-state index contributed by atoms with van der Waals surface area (Å²) in [6.45, 7) is 3.67. The second-order valence-electron chi connectivity index (χ2n) is 8.07. The van der Waals surface area contributed by atoms with Gasteiger partial charge >= 0.3 is 5.97 Å². The SMILES string of the molecule is CCCCC(=O)OCOCSC(=NC(C)NC(=O)/C=C/c1ccccc1)Nc1cccc2cccnc12. The highest BCUT2D eigenvalue weighted by atomic mass is 32.2. The summed E-state index contributed by atoms with van der Waals surface area (Å²) in [5.41, 5.74) is 2.51. The van der Waals surface area contributed by atoms with Gasteiger partial charge in [0.2, 0.25) is 5.91 Å². The highest BCUT2D eigenvalue weighted by Crippen LogP contribution is 2.22. The number of fused-ring (bicyclic) bond motifs is 1. The summed E-state index contributed by atoms with van der Waals surface area (Å²) in [6, 6.07) is 19.3. The number of esters is 1. The Morgan fingerprint density at radius 3 is 2.73 bits per heavy atom. The Morgan fingerprint density at radius 2 is 1.92 bits per heavy atom. The summed E-state index contributed by atoms with van der Waals surface area (Å²) < 4.78 is 10.6. The largest absolute Gasteiger partial charge is 0.438 e. The molecule has 0 fully saturated rings. The average molecular weight is 521 g/mol. The van der Waals surface area contributed by atoms with E-state index in [9.17, 15) is 9.59 Å². The number of nitrogens with one attached hydrogen (secondary N) is 2. The third-order valence-electron chi connectivity index (χ3n) is 5.08. The summed E-state index contributed by atoms with van der Waals surface area (Å²) in [5, 5.41) is 7.66. The number of pyridine rings is 1. The number of amidine groups is 1. The van der Waals surface area contributed by atoms with Crippen molar-refractivity contribution in [3.8, 4) is 0 Å². The minimum absolute atomic E-state index is 0.130. The minimum Gasteiger partial charge on any atom is -0.438 e. The van der Waals surface area contributed by atoms with Crippen LogP contribution in [-0.4, -0.2) is 40.9 Å². The molecule has 0 aliphatic rings. The van der Waals surface area contributed by atoms with E-state index in [0.717, 1.165) is 35.0 Å². The van der Waals surface area contributed by atoms with Gasteiger partial charge in [0, 0.05) is 24.1 Å². The number of rotatable bonds is 12. The molecule has 2 N–H and O–H groups in total. The summed E-state index contributed by atoms with van der Waals surface area (Å²) in [6.07, 6.45) is 6.54. The lowest BCUT2D eigenvalue weighted by Gasteiger charge is -2.15. The van der Waals surface area contributed by atoms with Crippen LogP contribution in [0.3, 0.4) is 0 Å². The van der Waals surface area contributed by atoms with Crippen LogP contribution in [0, 0.1) is 0 Å². The first-order valence-electron chi connectivity index (χ1n) is 12.1. The number of hydrogen-bond donors (Lipinski definition) is 2. The molecule has 0 aliphatic carbocycles. The van der Waals surface area contributed by atoms with Crippen molar-refractivity contribution in [3.05, 3.63) is 78.5 Å². The number of unbranched alkanes of at least 4 members (excludes halogenated alkanes) is 1. The van der Waals surface area contributed by atoms with E-state index in [0.29, 0.717) is 11.6 Å². The van der Waals surface area contributed by atoms with Gasteiger partial charge in [0.05, 0.1) is 11.2 Å². The summed E-state index contributed by atoms with van der Waals surface area (Å²) in [4.78, 5) is 33.2. The normalized spacial score (nSPS) is 12.4. The summed E-state index contributed by atoms with van der Waals surface area (Å²) in [7, 11) is 0. The molecule has 1 aromatic heterocycles. The van der Waals surface area contributed by atoms with Gasteiger partial charge in [-0.2, -0.15) is 0 Å². The molecular weight excluding hydrogens is 488 g/mol. The zero-order valence-corrected chi connectivity index (χ0v) is 21.9. The molecule has 1 amide bonds. The van der Waals surface area contributed by atoms with Gasteiger partial charge in [0.25, 0.3) is 0 Å². The van der Waals surface area contributed by atoms with Crippen molar-refractivity contribution in [2.24, 2.45) is 4.99 Å². The number of amides is 1. The van der Waals surface area contributed by atoms with Crippen LogP contribution in [-0.2, 0) is 19.1 Å². The van der Waals surface area contributed by atoms with Crippen LogP contribution in [0.5, 0.6) is 0 Å². The first kappa shape index (κ1) is 27.9. The quantitative estimate of drug-likeness (QED) is 0.0803. The number of carbonyl (C=O) groups excluding carboxylic acids is 2. The van der Waals surface area contributed by atoms with Crippen molar-refractivity contribution in [2.75, 3.05) is 18.0 Å². The molecule has 0 saturated heterocycles. The first-order valence-corrected chi connectivity index (χ1v) is 13.1. The molecular formula is C28H32N4O4S. The predicted octanol–water partition coefficient (Wildman–Crippen LogP) is 5.58. The van der Waals surface area contributed by atoms with E-state index in [1.165, 1.54) is 17.8 Å². The molecule has 3 rings (SSSR count). The molecule has 0 saturated carbocycles. The third-order valence-corrected chi connectivity index (χ3v) is 5.85. The number of carbonyl (C=O) groups is 2. The Labute approximate surface area is 221 Å². The molecule has 2 aromatic carbocycles. The topological polar surface area (TPSA) is 102 Å². The number of hydrogen-bond acceptors (Lipinski definition) is 7. The second-order valence-corrected chi connectivity index (χ2v) is 8.98. The molecule has 194 valence electrons. The molecule has 0 radical (unpaired) electrons. The van der Waals surface area contributed by atoms with E-state index in [2.05, 4.69) is 20.6 Å². The first-order chi connectivity index (χ1) is 18.0. The molecule has 37 heavy (non-hydrogen) atoms. The fourth-order valence-corrected chi connectivity index (χ4v) is 3.93. The molecule has 8 nitrogen and oxygen atoms in total. The molecule has 9 heteroatoms. The maximum absolute atomic E-state index is 12.4. The minimum atomic E-state index is -0.516. The van der Waals surface area contributed by atoms with E-state index in [1.807, 2.05) is 67.6 Å². The van der Waals surface area contributed by atoms with Crippen LogP contribution in [0.15, 0.2) is 77.9 Å². The highest BCUT2D eigenvalue weighted by Gasteiger charge is 2.10. The zero-order chi connectivity index (χ0) is 26.3. The predicted molar refractivity (Wildman–Crippen MR) is 150 cm³/mol. The number of anilines is 1. The Bertz CT molecular complexity index is 1210. The van der Waals surface area contributed by atoms with Gasteiger partial charge in [-0.3, -0.25) is 14.6 Å². The van der Waals surface area contributed by atoms with Crippen molar-refractivity contribution in [2.45, 2.75) is 39.3 Å². The number of aromatic nitrogens is 1. The van der Waals surface area contributed by atoms with Gasteiger partial charge in [-0.25, -0.2) is 4.99 Å². The molecule has 0 spiro atoms. The summed E-state index contributed by atoms with van der Waals surface area (Å²) >= 11 is 1.29. The van der Waals surface area contributed by atoms with E-state index in [-0.39, 0.29) is 24.6 Å². The highest BCUT2D eigenvalue weighted by molar-refractivity contribution is 8.14. The van der Waals surface area contributed by atoms with Crippen LogP contribution in [0.1, 0.15) is 38.7 Å². The van der Waals surface area contributed by atoms with Gasteiger partial charge in [-0.15, -0.1) is 0 Å². The van der Waals surface area contributed by atoms with E-state index in [4.69, 9.17) is 9.47 Å².